The summed E-state index contributed by atoms with van der Waals surface area (Å²) in [6, 6.07) is 11.5. The molecule has 1 N–H and O–H groups in total. The van der Waals surface area contributed by atoms with Crippen LogP contribution in [0, 0.1) is 12.7 Å². The quantitative estimate of drug-likeness (QED) is 0.867. The van der Waals surface area contributed by atoms with Crippen molar-refractivity contribution in [2.24, 2.45) is 0 Å². The molecule has 0 amide bonds. The summed E-state index contributed by atoms with van der Waals surface area (Å²) in [5.74, 6) is -0.146. The molecule has 0 saturated carbocycles. The Hall–Kier alpha value is -1.67. The van der Waals surface area contributed by atoms with Crippen LogP contribution in [0.5, 0.6) is 0 Å². The maximum absolute atomic E-state index is 13.4. The highest BCUT2D eigenvalue weighted by atomic mass is 19.1. The van der Waals surface area contributed by atoms with E-state index in [0.29, 0.717) is 0 Å². The van der Waals surface area contributed by atoms with Crippen molar-refractivity contribution in [3.8, 4) is 0 Å². The normalized spacial score (nSPS) is 14.2. The largest absolute Gasteiger partial charge is 0.312 e. The van der Waals surface area contributed by atoms with Gasteiger partial charge in [-0.15, -0.1) is 0 Å². The summed E-state index contributed by atoms with van der Waals surface area (Å²) in [7, 11) is 0. The first kappa shape index (κ1) is 12.4. The summed E-state index contributed by atoms with van der Waals surface area (Å²) >= 11 is 0. The molecule has 0 atom stereocenters. The molecule has 1 nitrogen and oxygen atoms in total. The van der Waals surface area contributed by atoms with Gasteiger partial charge in [-0.3, -0.25) is 0 Å². The minimum absolute atomic E-state index is 0.146. The van der Waals surface area contributed by atoms with Crippen molar-refractivity contribution in [3.05, 3.63) is 70.0 Å². The van der Waals surface area contributed by atoms with Crippen LogP contribution in [-0.4, -0.2) is 6.54 Å². The van der Waals surface area contributed by atoms with Crippen LogP contribution >= 0.6 is 0 Å². The predicted octanol–water partition coefficient (Wildman–Crippen LogP) is 3.37. The lowest BCUT2D eigenvalue weighted by molar-refractivity contribution is 0.624. The van der Waals surface area contributed by atoms with Gasteiger partial charge >= 0.3 is 0 Å². The Balaban J connectivity index is 1.97. The van der Waals surface area contributed by atoms with E-state index >= 15 is 0 Å². The fourth-order valence-electron chi connectivity index (χ4n) is 2.81. The third-order valence-electron chi connectivity index (χ3n) is 3.93. The van der Waals surface area contributed by atoms with Gasteiger partial charge in [-0.05, 0) is 66.3 Å². The van der Waals surface area contributed by atoms with E-state index in [2.05, 4.69) is 23.5 Å². The van der Waals surface area contributed by atoms with Crippen molar-refractivity contribution < 1.29 is 4.39 Å². The van der Waals surface area contributed by atoms with Gasteiger partial charge < -0.3 is 5.32 Å². The van der Waals surface area contributed by atoms with Crippen LogP contribution in [0.3, 0.4) is 0 Å². The molecule has 0 unspecified atom stereocenters. The zero-order chi connectivity index (χ0) is 13.2. The lowest BCUT2D eigenvalue weighted by Crippen LogP contribution is -2.24. The molecule has 2 heteroatoms. The Bertz CT molecular complexity index is 604. The summed E-state index contributed by atoms with van der Waals surface area (Å²) in [4.78, 5) is 0. The van der Waals surface area contributed by atoms with Gasteiger partial charge in [0.25, 0.3) is 0 Å². The third-order valence-corrected chi connectivity index (χ3v) is 3.93. The molecule has 1 aliphatic rings. The number of nitrogens with one attached hydrogen (secondary N) is 1. The molecule has 3 rings (SSSR count). The highest BCUT2D eigenvalue weighted by Crippen LogP contribution is 2.23. The smallest absolute Gasteiger partial charge is 0.123 e. The minimum atomic E-state index is -0.146. The second kappa shape index (κ2) is 5.14. The number of hydrogen-bond donors (Lipinski definition) is 1. The first-order chi connectivity index (χ1) is 9.24. The van der Waals surface area contributed by atoms with Crippen molar-refractivity contribution in [2.75, 3.05) is 6.54 Å². The number of fused-ring (bicyclic) bond motifs is 1. The van der Waals surface area contributed by atoms with Crippen LogP contribution in [-0.2, 0) is 19.4 Å². The van der Waals surface area contributed by atoms with Gasteiger partial charge in [0.05, 0.1) is 0 Å². The summed E-state index contributed by atoms with van der Waals surface area (Å²) in [5.41, 5.74) is 6.43. The molecular weight excluding hydrogens is 237 g/mol. The van der Waals surface area contributed by atoms with Gasteiger partial charge in [0.1, 0.15) is 5.82 Å². The van der Waals surface area contributed by atoms with Crippen molar-refractivity contribution in [2.45, 2.75) is 26.3 Å². The zero-order valence-corrected chi connectivity index (χ0v) is 11.2. The molecule has 2 aromatic carbocycles. The fourth-order valence-corrected chi connectivity index (χ4v) is 2.81. The summed E-state index contributed by atoms with van der Waals surface area (Å²) in [5, 5.41) is 3.39. The van der Waals surface area contributed by atoms with E-state index in [1.165, 1.54) is 22.8 Å². The third kappa shape index (κ3) is 2.54. The maximum Gasteiger partial charge on any atom is 0.123 e. The van der Waals surface area contributed by atoms with Crippen LogP contribution in [0.25, 0.3) is 0 Å². The highest BCUT2D eigenvalue weighted by molar-refractivity contribution is 5.41. The Morgan fingerprint density at radius 2 is 2.05 bits per heavy atom. The fraction of sp³-hybridized carbons (Fsp3) is 0.294. The van der Waals surface area contributed by atoms with Crippen LogP contribution in [0.1, 0.15) is 27.8 Å². The second-order valence-corrected chi connectivity index (χ2v) is 5.23. The van der Waals surface area contributed by atoms with E-state index < -0.39 is 0 Å². The molecule has 1 heterocycles. The van der Waals surface area contributed by atoms with Crippen molar-refractivity contribution in [1.29, 1.82) is 0 Å². The van der Waals surface area contributed by atoms with E-state index in [-0.39, 0.29) is 5.82 Å². The average Bonchev–Trinajstić information content (AvgIpc) is 2.43. The molecule has 0 aromatic heterocycles. The van der Waals surface area contributed by atoms with Gasteiger partial charge in [0.15, 0.2) is 0 Å². The summed E-state index contributed by atoms with van der Waals surface area (Å²) in [6.07, 6.45) is 1.90. The highest BCUT2D eigenvalue weighted by Gasteiger charge is 2.13. The minimum Gasteiger partial charge on any atom is -0.312 e. The Morgan fingerprint density at radius 3 is 2.95 bits per heavy atom. The number of hydrogen-bond acceptors (Lipinski definition) is 1. The molecule has 0 radical (unpaired) electrons. The molecular formula is C17H18FN. The van der Waals surface area contributed by atoms with Gasteiger partial charge in [-0.25, -0.2) is 4.39 Å². The molecule has 0 bridgehead atoms. The number of benzene rings is 2. The SMILES string of the molecule is Cc1ccc(F)cc1Cc1cccc2c1CCNC2. The molecule has 0 aliphatic carbocycles. The monoisotopic (exact) mass is 255 g/mol. The van der Waals surface area contributed by atoms with Gasteiger partial charge in [0.2, 0.25) is 0 Å². The molecule has 98 valence electrons. The Labute approximate surface area is 113 Å². The van der Waals surface area contributed by atoms with Crippen LogP contribution in [0.15, 0.2) is 36.4 Å². The number of aryl methyl sites for hydroxylation is 1. The lowest BCUT2D eigenvalue weighted by atomic mass is 9.91. The first-order valence-corrected chi connectivity index (χ1v) is 6.79. The molecule has 0 fully saturated rings. The Morgan fingerprint density at radius 1 is 1.16 bits per heavy atom. The van der Waals surface area contributed by atoms with Crippen molar-refractivity contribution >= 4 is 0 Å². The van der Waals surface area contributed by atoms with E-state index in [0.717, 1.165) is 37.1 Å². The van der Waals surface area contributed by atoms with E-state index in [1.54, 1.807) is 6.07 Å². The maximum atomic E-state index is 13.4. The molecule has 0 saturated heterocycles. The number of rotatable bonds is 2. The summed E-state index contributed by atoms with van der Waals surface area (Å²) in [6.45, 7) is 4.03. The van der Waals surface area contributed by atoms with Gasteiger partial charge in [0, 0.05) is 6.54 Å². The van der Waals surface area contributed by atoms with E-state index in [1.807, 2.05) is 13.0 Å². The molecule has 19 heavy (non-hydrogen) atoms. The van der Waals surface area contributed by atoms with Crippen molar-refractivity contribution in [3.63, 3.8) is 0 Å². The van der Waals surface area contributed by atoms with E-state index in [4.69, 9.17) is 0 Å². The average molecular weight is 255 g/mol. The Kier molecular flexibility index (Phi) is 3.34. The molecule has 2 aromatic rings. The molecule has 1 aliphatic heterocycles. The van der Waals surface area contributed by atoms with Crippen LogP contribution in [0.4, 0.5) is 4.39 Å². The zero-order valence-electron chi connectivity index (χ0n) is 11.2. The molecule has 0 spiro atoms. The van der Waals surface area contributed by atoms with E-state index in [9.17, 15) is 4.39 Å². The predicted molar refractivity (Wildman–Crippen MR) is 75.8 cm³/mol. The number of halogens is 1. The lowest BCUT2D eigenvalue weighted by Gasteiger charge is -2.20. The van der Waals surface area contributed by atoms with Crippen molar-refractivity contribution in [1.82, 2.24) is 5.32 Å². The van der Waals surface area contributed by atoms with Gasteiger partial charge in [-0.1, -0.05) is 24.3 Å². The topological polar surface area (TPSA) is 12.0 Å². The first-order valence-electron chi connectivity index (χ1n) is 6.79. The second-order valence-electron chi connectivity index (χ2n) is 5.23. The standard InChI is InChI=1S/C17H18FN/c1-12-5-6-16(18)10-15(12)9-13-3-2-4-14-11-19-8-7-17(13)14/h2-6,10,19H,7-9,11H2,1H3. The summed E-state index contributed by atoms with van der Waals surface area (Å²) < 4.78 is 13.4. The van der Waals surface area contributed by atoms with Crippen LogP contribution in [0.2, 0.25) is 0 Å². The van der Waals surface area contributed by atoms with Gasteiger partial charge in [-0.2, -0.15) is 0 Å². The van der Waals surface area contributed by atoms with Crippen LogP contribution < -0.4 is 5.32 Å².